The molecular weight excluding hydrogens is 356 g/mol. The minimum absolute atomic E-state index is 0.164. The molecule has 1 aromatic carbocycles. The average molecular weight is 377 g/mol. The van der Waals surface area contributed by atoms with Gasteiger partial charge in [0, 0.05) is 45.1 Å². The number of carbonyl (C=O) groups excluding carboxylic acids is 1. The van der Waals surface area contributed by atoms with Crippen molar-refractivity contribution in [3.8, 4) is 5.75 Å². The molecule has 1 aromatic heterocycles. The number of anilines is 1. The maximum absolute atomic E-state index is 12.3. The van der Waals surface area contributed by atoms with Crippen LogP contribution in [0.25, 0.3) is 0 Å². The Morgan fingerprint density at radius 3 is 2.59 bits per heavy atom. The van der Waals surface area contributed by atoms with Gasteiger partial charge in [0.1, 0.15) is 12.4 Å². The lowest BCUT2D eigenvalue weighted by Crippen LogP contribution is -2.52. The van der Waals surface area contributed by atoms with Gasteiger partial charge in [-0.25, -0.2) is 23.5 Å². The molecule has 1 fully saturated rings. The number of aromatic nitrogens is 2. The van der Waals surface area contributed by atoms with Crippen LogP contribution >= 0.6 is 0 Å². The van der Waals surface area contributed by atoms with Crippen molar-refractivity contribution >= 4 is 12.0 Å². The number of hydrogen-bond acceptors (Lipinski definition) is 5. The summed E-state index contributed by atoms with van der Waals surface area (Å²) in [4.78, 5) is 24.6. The SMILES string of the molecule is O=C(NCc1cccc(OCC(F)F)c1)N1CCN(c2ncccn2)CC1. The highest BCUT2D eigenvalue weighted by atomic mass is 19.3. The lowest BCUT2D eigenvalue weighted by molar-refractivity contribution is 0.0818. The Morgan fingerprint density at radius 2 is 1.89 bits per heavy atom. The first-order valence-corrected chi connectivity index (χ1v) is 8.66. The van der Waals surface area contributed by atoms with Crippen molar-refractivity contribution in [3.63, 3.8) is 0 Å². The van der Waals surface area contributed by atoms with Crippen LogP contribution in [0, 0.1) is 0 Å². The monoisotopic (exact) mass is 377 g/mol. The van der Waals surface area contributed by atoms with Crippen molar-refractivity contribution in [1.82, 2.24) is 20.2 Å². The van der Waals surface area contributed by atoms with Crippen molar-refractivity contribution in [2.45, 2.75) is 13.0 Å². The van der Waals surface area contributed by atoms with E-state index in [4.69, 9.17) is 4.74 Å². The predicted octanol–water partition coefficient (Wildman–Crippen LogP) is 2.15. The molecule has 0 unspecified atom stereocenters. The molecule has 0 bridgehead atoms. The second kappa shape index (κ2) is 9.11. The fourth-order valence-corrected chi connectivity index (χ4v) is 2.76. The molecule has 1 aliphatic rings. The van der Waals surface area contributed by atoms with E-state index in [1.54, 1.807) is 47.6 Å². The van der Waals surface area contributed by atoms with E-state index >= 15 is 0 Å². The molecule has 2 amide bonds. The zero-order valence-electron chi connectivity index (χ0n) is 14.7. The Bertz CT molecular complexity index is 740. The molecule has 9 heteroatoms. The summed E-state index contributed by atoms with van der Waals surface area (Å²) >= 11 is 0. The number of rotatable bonds is 6. The molecule has 1 saturated heterocycles. The van der Waals surface area contributed by atoms with Crippen LogP contribution < -0.4 is 15.0 Å². The first-order valence-electron chi connectivity index (χ1n) is 8.66. The van der Waals surface area contributed by atoms with Crippen LogP contribution in [0.1, 0.15) is 5.56 Å². The summed E-state index contributed by atoms with van der Waals surface area (Å²) in [6.45, 7) is 2.12. The second-order valence-corrected chi connectivity index (χ2v) is 6.03. The minimum atomic E-state index is -2.52. The van der Waals surface area contributed by atoms with Crippen molar-refractivity contribution in [3.05, 3.63) is 48.3 Å². The average Bonchev–Trinajstić information content (AvgIpc) is 2.71. The Kier molecular flexibility index (Phi) is 6.35. The Morgan fingerprint density at radius 1 is 1.15 bits per heavy atom. The van der Waals surface area contributed by atoms with E-state index in [0.717, 1.165) is 5.56 Å². The number of benzene rings is 1. The Balaban J connectivity index is 1.45. The van der Waals surface area contributed by atoms with Gasteiger partial charge in [-0.2, -0.15) is 0 Å². The van der Waals surface area contributed by atoms with Gasteiger partial charge >= 0.3 is 6.03 Å². The largest absolute Gasteiger partial charge is 0.488 e. The van der Waals surface area contributed by atoms with E-state index in [1.807, 2.05) is 4.90 Å². The summed E-state index contributed by atoms with van der Waals surface area (Å²) in [5.74, 6) is 1.02. The van der Waals surface area contributed by atoms with Crippen LogP contribution in [0.3, 0.4) is 0 Å². The highest BCUT2D eigenvalue weighted by Crippen LogP contribution is 2.14. The van der Waals surface area contributed by atoms with Crippen LogP contribution in [0.5, 0.6) is 5.75 Å². The minimum Gasteiger partial charge on any atom is -0.488 e. The summed E-state index contributed by atoms with van der Waals surface area (Å²) in [5, 5.41) is 2.85. The number of piperazine rings is 1. The number of nitrogens with zero attached hydrogens (tertiary/aromatic N) is 4. The van der Waals surface area contributed by atoms with Gasteiger partial charge in [0.05, 0.1) is 0 Å². The fourth-order valence-electron chi connectivity index (χ4n) is 2.76. The van der Waals surface area contributed by atoms with Crippen LogP contribution in [0.2, 0.25) is 0 Å². The topological polar surface area (TPSA) is 70.6 Å². The molecule has 0 aliphatic carbocycles. The molecule has 144 valence electrons. The third-order valence-corrected chi connectivity index (χ3v) is 4.12. The summed E-state index contributed by atoms with van der Waals surface area (Å²) in [5.41, 5.74) is 0.784. The summed E-state index contributed by atoms with van der Waals surface area (Å²) in [6.07, 6.45) is 0.870. The quantitative estimate of drug-likeness (QED) is 0.835. The molecular formula is C18H21F2N5O2. The maximum Gasteiger partial charge on any atom is 0.317 e. The zero-order chi connectivity index (χ0) is 19.1. The van der Waals surface area contributed by atoms with Gasteiger partial charge in [-0.1, -0.05) is 12.1 Å². The first kappa shape index (κ1) is 18.8. The third-order valence-electron chi connectivity index (χ3n) is 4.12. The molecule has 2 aromatic rings. The van der Waals surface area contributed by atoms with E-state index in [-0.39, 0.29) is 6.03 Å². The van der Waals surface area contributed by atoms with Crippen LogP contribution in [-0.2, 0) is 6.54 Å². The summed E-state index contributed by atoms with van der Waals surface area (Å²) in [6, 6.07) is 8.37. The number of urea groups is 1. The molecule has 0 spiro atoms. The van der Waals surface area contributed by atoms with Crippen LogP contribution in [-0.4, -0.2) is 60.1 Å². The molecule has 1 N–H and O–H groups in total. The standard InChI is InChI=1S/C18H21F2N5O2/c19-16(20)13-27-15-4-1-3-14(11-15)12-23-18(26)25-9-7-24(8-10-25)17-21-5-2-6-22-17/h1-6,11,16H,7-10,12-13H2,(H,23,26). The summed E-state index contributed by atoms with van der Waals surface area (Å²) in [7, 11) is 0. The highest BCUT2D eigenvalue weighted by molar-refractivity contribution is 5.74. The third kappa shape index (κ3) is 5.50. The van der Waals surface area contributed by atoms with Gasteiger partial charge in [-0.3, -0.25) is 0 Å². The van der Waals surface area contributed by atoms with Crippen LogP contribution in [0.4, 0.5) is 19.5 Å². The van der Waals surface area contributed by atoms with Gasteiger partial charge < -0.3 is 19.9 Å². The molecule has 0 atom stereocenters. The van der Waals surface area contributed by atoms with Gasteiger partial charge in [-0.15, -0.1) is 0 Å². The predicted molar refractivity (Wildman–Crippen MR) is 96.0 cm³/mol. The van der Waals surface area contributed by atoms with Gasteiger partial charge in [0.25, 0.3) is 6.43 Å². The lowest BCUT2D eigenvalue weighted by atomic mass is 10.2. The van der Waals surface area contributed by atoms with E-state index in [1.165, 1.54) is 0 Å². The molecule has 0 radical (unpaired) electrons. The fraction of sp³-hybridized carbons (Fsp3) is 0.389. The molecule has 3 rings (SSSR count). The number of carbonyl (C=O) groups is 1. The van der Waals surface area contributed by atoms with E-state index in [0.29, 0.717) is 44.4 Å². The van der Waals surface area contributed by atoms with E-state index in [2.05, 4.69) is 15.3 Å². The van der Waals surface area contributed by atoms with E-state index in [9.17, 15) is 13.6 Å². The number of amides is 2. The van der Waals surface area contributed by atoms with Crippen molar-refractivity contribution in [2.24, 2.45) is 0 Å². The Labute approximate surface area is 156 Å². The van der Waals surface area contributed by atoms with Gasteiger partial charge in [0.2, 0.25) is 5.95 Å². The van der Waals surface area contributed by atoms with Gasteiger partial charge in [-0.05, 0) is 23.8 Å². The molecule has 2 heterocycles. The van der Waals surface area contributed by atoms with Crippen molar-refractivity contribution in [1.29, 1.82) is 0 Å². The smallest absolute Gasteiger partial charge is 0.317 e. The highest BCUT2D eigenvalue weighted by Gasteiger charge is 2.22. The zero-order valence-corrected chi connectivity index (χ0v) is 14.7. The number of halogens is 2. The molecule has 27 heavy (non-hydrogen) atoms. The molecule has 0 saturated carbocycles. The van der Waals surface area contributed by atoms with Gasteiger partial charge in [0.15, 0.2) is 0 Å². The first-order chi connectivity index (χ1) is 13.1. The lowest BCUT2D eigenvalue weighted by Gasteiger charge is -2.34. The molecule has 7 nitrogen and oxygen atoms in total. The van der Waals surface area contributed by atoms with E-state index < -0.39 is 13.0 Å². The number of ether oxygens (including phenoxy) is 1. The Hall–Kier alpha value is -2.97. The summed E-state index contributed by atoms with van der Waals surface area (Å²) < 4.78 is 29.4. The second-order valence-electron chi connectivity index (χ2n) is 6.03. The number of nitrogens with one attached hydrogen (secondary N) is 1. The maximum atomic E-state index is 12.3. The normalized spacial score (nSPS) is 14.3. The van der Waals surface area contributed by atoms with Crippen molar-refractivity contribution in [2.75, 3.05) is 37.7 Å². The van der Waals surface area contributed by atoms with Crippen molar-refractivity contribution < 1.29 is 18.3 Å². The van der Waals surface area contributed by atoms with Crippen LogP contribution in [0.15, 0.2) is 42.7 Å². The number of hydrogen-bond donors (Lipinski definition) is 1. The number of alkyl halides is 2. The molecule has 1 aliphatic heterocycles.